The minimum atomic E-state index is -3.39. The van der Waals surface area contributed by atoms with Gasteiger partial charge in [-0.05, 0) is 26.8 Å². The van der Waals surface area contributed by atoms with Crippen molar-refractivity contribution in [1.82, 2.24) is 15.0 Å². The van der Waals surface area contributed by atoms with Crippen LogP contribution in [0, 0.1) is 6.92 Å². The zero-order chi connectivity index (χ0) is 18.1. The van der Waals surface area contributed by atoms with Crippen LogP contribution < -0.4 is 10.6 Å². The van der Waals surface area contributed by atoms with Crippen LogP contribution in [0.5, 0.6) is 0 Å². The highest BCUT2D eigenvalue weighted by Crippen LogP contribution is 2.63. The van der Waals surface area contributed by atoms with Crippen LogP contribution in [0.15, 0.2) is 17.7 Å². The van der Waals surface area contributed by atoms with Gasteiger partial charge >= 0.3 is 7.60 Å². The van der Waals surface area contributed by atoms with E-state index in [0.29, 0.717) is 11.3 Å². The molecule has 25 heavy (non-hydrogen) atoms. The highest BCUT2D eigenvalue weighted by molar-refractivity contribution is 7.59. The first-order valence-corrected chi connectivity index (χ1v) is 10.2. The lowest BCUT2D eigenvalue weighted by Crippen LogP contribution is -2.20. The van der Waals surface area contributed by atoms with Gasteiger partial charge < -0.3 is 20.1 Å². The van der Waals surface area contributed by atoms with Gasteiger partial charge in [0.1, 0.15) is 10.0 Å². The lowest BCUT2D eigenvalue weighted by Gasteiger charge is -2.18. The van der Waals surface area contributed by atoms with Gasteiger partial charge in [-0.2, -0.15) is 0 Å². The predicted molar refractivity (Wildman–Crippen MR) is 100 cm³/mol. The van der Waals surface area contributed by atoms with Gasteiger partial charge in [0.15, 0.2) is 0 Å². The molecule has 0 radical (unpaired) electrons. The van der Waals surface area contributed by atoms with Crippen LogP contribution in [-0.4, -0.2) is 40.8 Å². The van der Waals surface area contributed by atoms with Gasteiger partial charge in [0.05, 0.1) is 30.3 Å². The minimum absolute atomic E-state index is 0.273. The molecule has 10 heteroatoms. The van der Waals surface area contributed by atoms with E-state index in [1.54, 1.807) is 18.5 Å². The summed E-state index contributed by atoms with van der Waals surface area (Å²) in [6.07, 6.45) is 5.21. The maximum absolute atomic E-state index is 13.2. The van der Waals surface area contributed by atoms with Crippen molar-refractivity contribution in [3.63, 3.8) is 0 Å². The summed E-state index contributed by atoms with van der Waals surface area (Å²) in [5, 5.41) is 8.33. The average molecular weight is 383 g/mol. The van der Waals surface area contributed by atoms with Crippen LogP contribution >= 0.6 is 18.9 Å². The van der Waals surface area contributed by atoms with E-state index < -0.39 is 13.2 Å². The third kappa shape index (κ3) is 4.30. The zero-order valence-corrected chi connectivity index (χ0v) is 16.3. The summed E-state index contributed by atoms with van der Waals surface area (Å²) >= 11 is 1.46. The van der Waals surface area contributed by atoms with Gasteiger partial charge in [-0.3, -0.25) is 9.09 Å². The fraction of sp³-hybridized carbons (Fsp3) is 0.467. The summed E-state index contributed by atoms with van der Waals surface area (Å²) in [5.74, 6) is 0.600. The van der Waals surface area contributed by atoms with E-state index in [0.717, 1.165) is 15.7 Å². The summed E-state index contributed by atoms with van der Waals surface area (Å²) in [6.45, 7) is 6.18. The number of anilines is 2. The van der Waals surface area contributed by atoms with E-state index >= 15 is 0 Å². The molecule has 3 rings (SSSR count). The number of aryl methyl sites for hydroxylation is 1. The molecule has 0 aromatic carbocycles. The van der Waals surface area contributed by atoms with Crippen LogP contribution in [0.3, 0.4) is 0 Å². The second-order valence-corrected chi connectivity index (χ2v) is 9.41. The molecule has 3 heterocycles. The molecule has 3 N–H and O–H groups in total. The Hall–Kier alpha value is -1.67. The third-order valence-electron chi connectivity index (χ3n) is 3.50. The number of aromatic nitrogens is 3. The topological polar surface area (TPSA) is 101 Å². The maximum Gasteiger partial charge on any atom is 0.359 e. The van der Waals surface area contributed by atoms with E-state index in [-0.39, 0.29) is 13.2 Å². The van der Waals surface area contributed by atoms with Gasteiger partial charge in [-0.1, -0.05) is 11.3 Å². The molecule has 2 aromatic rings. The first-order chi connectivity index (χ1) is 11.8. The molecule has 0 aliphatic carbocycles. The van der Waals surface area contributed by atoms with E-state index in [1.807, 2.05) is 27.8 Å². The van der Waals surface area contributed by atoms with Crippen molar-refractivity contribution in [1.29, 1.82) is 0 Å². The van der Waals surface area contributed by atoms with E-state index in [2.05, 4.69) is 25.6 Å². The Morgan fingerprint density at radius 3 is 2.84 bits per heavy atom. The summed E-state index contributed by atoms with van der Waals surface area (Å²) in [5.41, 5.74) is 0.349. The largest absolute Gasteiger partial charge is 0.379 e. The van der Waals surface area contributed by atoms with Crippen molar-refractivity contribution in [2.75, 3.05) is 30.8 Å². The molecule has 1 atom stereocenters. The minimum Gasteiger partial charge on any atom is -0.379 e. The molecule has 1 saturated heterocycles. The van der Waals surface area contributed by atoms with Crippen molar-refractivity contribution >= 4 is 36.0 Å². The molecule has 0 saturated carbocycles. The third-order valence-corrected chi connectivity index (χ3v) is 6.66. The standard InChI is InChI=1S/C15H22N5O3PS/c1-10-6-18-14(20-10)19-7-11(5-12-17-8-13(16-4)25-12)24(21)22-9-15(2,3)23-24/h5-6,8,16H,7,9H2,1-4H3,(H2,18,19,20)/b11-5-. The second kappa shape index (κ2) is 6.92. The van der Waals surface area contributed by atoms with E-state index in [1.165, 1.54) is 11.3 Å². The van der Waals surface area contributed by atoms with Crippen LogP contribution in [0.25, 0.3) is 6.08 Å². The Morgan fingerprint density at radius 1 is 1.48 bits per heavy atom. The van der Waals surface area contributed by atoms with Gasteiger partial charge in [-0.25, -0.2) is 9.97 Å². The zero-order valence-electron chi connectivity index (χ0n) is 14.6. The lowest BCUT2D eigenvalue weighted by atomic mass is 10.2. The average Bonchev–Trinajstić information content (AvgIpc) is 3.23. The Labute approximate surface area is 150 Å². The molecule has 0 amide bonds. The Morgan fingerprint density at radius 2 is 2.28 bits per heavy atom. The number of hydrogen-bond acceptors (Lipinski definition) is 8. The first-order valence-electron chi connectivity index (χ1n) is 7.85. The molecular weight excluding hydrogens is 361 g/mol. The molecule has 0 bridgehead atoms. The van der Waals surface area contributed by atoms with Crippen molar-refractivity contribution in [2.24, 2.45) is 0 Å². The van der Waals surface area contributed by atoms with Gasteiger partial charge in [0, 0.05) is 18.9 Å². The van der Waals surface area contributed by atoms with Gasteiger partial charge in [0.25, 0.3) is 0 Å². The van der Waals surface area contributed by atoms with Crippen LogP contribution in [0.4, 0.5) is 10.9 Å². The highest BCUT2D eigenvalue weighted by atomic mass is 32.1. The number of nitrogens with one attached hydrogen (secondary N) is 3. The Kier molecular flexibility index (Phi) is 5.02. The molecule has 1 fully saturated rings. The molecule has 136 valence electrons. The van der Waals surface area contributed by atoms with Crippen LogP contribution in [0.2, 0.25) is 0 Å². The second-order valence-electron chi connectivity index (χ2n) is 6.34. The molecule has 2 aromatic heterocycles. The summed E-state index contributed by atoms with van der Waals surface area (Å²) in [6, 6.07) is 0. The van der Waals surface area contributed by atoms with Crippen molar-refractivity contribution < 1.29 is 13.6 Å². The molecule has 0 spiro atoms. The van der Waals surface area contributed by atoms with E-state index in [9.17, 15) is 4.57 Å². The SMILES string of the molecule is CNc1cnc(/C=C(/CNc2ncc(C)[nH]2)P2(=O)OCC(C)(C)O2)s1. The molecule has 1 unspecified atom stereocenters. The van der Waals surface area contributed by atoms with Crippen LogP contribution in [0.1, 0.15) is 24.5 Å². The normalized spacial score (nSPS) is 23.0. The Balaban J connectivity index is 1.86. The summed E-state index contributed by atoms with van der Waals surface area (Å²) < 4.78 is 24.5. The number of rotatable bonds is 6. The molecule has 8 nitrogen and oxygen atoms in total. The van der Waals surface area contributed by atoms with Crippen molar-refractivity contribution in [3.8, 4) is 0 Å². The number of imidazole rings is 1. The molecular formula is C15H22N5O3PS. The Bertz CT molecular complexity index is 829. The maximum atomic E-state index is 13.2. The molecule has 1 aliphatic heterocycles. The monoisotopic (exact) mass is 383 g/mol. The van der Waals surface area contributed by atoms with Gasteiger partial charge in [-0.15, -0.1) is 0 Å². The fourth-order valence-electron chi connectivity index (χ4n) is 2.28. The lowest BCUT2D eigenvalue weighted by molar-refractivity contribution is 0.138. The number of H-pyrrole nitrogens is 1. The number of aromatic amines is 1. The highest BCUT2D eigenvalue weighted by Gasteiger charge is 2.44. The predicted octanol–water partition coefficient (Wildman–Crippen LogP) is 3.69. The summed E-state index contributed by atoms with van der Waals surface area (Å²) in [4.78, 5) is 11.6. The molecule has 1 aliphatic rings. The number of hydrogen-bond donors (Lipinski definition) is 3. The first kappa shape index (κ1) is 18.1. The number of thiazole rings is 1. The van der Waals surface area contributed by atoms with Crippen molar-refractivity contribution in [2.45, 2.75) is 26.4 Å². The quantitative estimate of drug-likeness (QED) is 0.654. The van der Waals surface area contributed by atoms with E-state index in [4.69, 9.17) is 9.05 Å². The summed E-state index contributed by atoms with van der Waals surface area (Å²) in [7, 11) is -1.56. The number of nitrogens with zero attached hydrogens (tertiary/aromatic N) is 2. The van der Waals surface area contributed by atoms with Crippen molar-refractivity contribution in [3.05, 3.63) is 28.4 Å². The smallest absolute Gasteiger partial charge is 0.359 e. The van der Waals surface area contributed by atoms with Gasteiger partial charge in [0.2, 0.25) is 5.95 Å². The fourth-order valence-corrected chi connectivity index (χ4v) is 5.18. The van der Waals surface area contributed by atoms with Crippen LogP contribution in [-0.2, 0) is 13.6 Å².